The fraction of sp³-hybridized carbons (Fsp3) is 0.742. The van der Waals surface area contributed by atoms with Crippen LogP contribution in [0.4, 0.5) is 22.4 Å². The summed E-state index contributed by atoms with van der Waals surface area (Å²) in [6, 6.07) is 4.34. The first-order valence-corrected chi connectivity index (χ1v) is 18.0. The summed E-state index contributed by atoms with van der Waals surface area (Å²) in [4.78, 5) is 26.9. The van der Waals surface area contributed by atoms with Gasteiger partial charge in [0.1, 0.15) is 11.4 Å². The molecule has 1 unspecified atom stereocenters. The van der Waals surface area contributed by atoms with E-state index < -0.39 is 13.9 Å². The standard InChI is InChI=1S/C31H51N7O4Si/c1-19(2)43(20(3)4)21(5)38-25(18-41-43)16-27(35-38)32-26-17-28(40-10)34-29(33-26)36(9)24-14-22-12-11-13-23(15-24)37(22)30(39)42-31(6,7)8/h16-17,19-24H,11-15,18H2,1-10H3,(H,32,33,34,35)/t21?,22-,23+,24-. The predicted molar refractivity (Wildman–Crippen MR) is 170 cm³/mol. The summed E-state index contributed by atoms with van der Waals surface area (Å²) in [6.45, 7) is 17.8. The highest BCUT2D eigenvalue weighted by Crippen LogP contribution is 2.45. The van der Waals surface area contributed by atoms with E-state index in [1.807, 2.05) is 32.7 Å². The first-order valence-electron chi connectivity index (χ1n) is 15.9. The Morgan fingerprint density at radius 3 is 2.33 bits per heavy atom. The number of nitrogens with one attached hydrogen (secondary N) is 1. The quantitative estimate of drug-likeness (QED) is 0.347. The molecular weight excluding hydrogens is 562 g/mol. The summed E-state index contributed by atoms with van der Waals surface area (Å²) in [6.07, 6.45) is 4.59. The number of hydrogen-bond acceptors (Lipinski definition) is 9. The average molecular weight is 614 g/mol. The van der Waals surface area contributed by atoms with Gasteiger partial charge in [-0.3, -0.25) is 4.68 Å². The molecule has 1 amide bonds. The smallest absolute Gasteiger partial charge is 0.410 e. The van der Waals surface area contributed by atoms with Crippen LogP contribution in [0.1, 0.15) is 98.9 Å². The van der Waals surface area contributed by atoms with Crippen LogP contribution in [0.25, 0.3) is 0 Å². The molecule has 0 aliphatic carbocycles. The van der Waals surface area contributed by atoms with Gasteiger partial charge in [-0.15, -0.1) is 0 Å². The van der Waals surface area contributed by atoms with E-state index in [2.05, 4.69) is 55.6 Å². The molecule has 11 nitrogen and oxygen atoms in total. The number of amides is 1. The van der Waals surface area contributed by atoms with Crippen molar-refractivity contribution in [3.63, 3.8) is 0 Å². The third kappa shape index (κ3) is 6.09. The van der Waals surface area contributed by atoms with Crippen molar-refractivity contribution in [1.82, 2.24) is 24.6 Å². The topological polar surface area (TPSA) is 107 Å². The van der Waals surface area contributed by atoms with Crippen molar-refractivity contribution < 1.29 is 18.7 Å². The first-order chi connectivity index (χ1) is 20.2. The minimum Gasteiger partial charge on any atom is -0.481 e. The number of ether oxygens (including phenoxy) is 2. The molecular formula is C31H51N7O4Si. The Kier molecular flexibility index (Phi) is 8.74. The van der Waals surface area contributed by atoms with Gasteiger partial charge in [0, 0.05) is 37.3 Å². The van der Waals surface area contributed by atoms with Crippen molar-refractivity contribution in [3.05, 3.63) is 17.8 Å². The third-order valence-electron chi connectivity index (χ3n) is 9.68. The maximum absolute atomic E-state index is 13.1. The lowest BCUT2D eigenvalue weighted by Gasteiger charge is -2.50. The molecule has 3 aliphatic rings. The molecule has 2 fully saturated rings. The van der Waals surface area contributed by atoms with Crippen molar-refractivity contribution in [2.45, 2.75) is 135 Å². The van der Waals surface area contributed by atoms with Crippen LogP contribution in [0.15, 0.2) is 12.1 Å². The molecule has 2 aromatic heterocycles. The van der Waals surface area contributed by atoms with Crippen LogP contribution < -0.4 is 15.0 Å². The number of rotatable bonds is 7. The fourth-order valence-electron chi connectivity index (χ4n) is 7.73. The van der Waals surface area contributed by atoms with Gasteiger partial charge in [-0.25, -0.2) is 4.79 Å². The number of carbonyl (C=O) groups excluding carboxylic acids is 1. The average Bonchev–Trinajstić information content (AvgIpc) is 3.33. The zero-order valence-corrected chi connectivity index (χ0v) is 28.7. The molecule has 12 heteroatoms. The molecule has 4 atom stereocenters. The van der Waals surface area contributed by atoms with E-state index in [0.29, 0.717) is 35.3 Å². The molecule has 0 saturated carbocycles. The van der Waals surface area contributed by atoms with Crippen LogP contribution in [0.2, 0.25) is 11.1 Å². The Labute approximate surface area is 257 Å². The number of piperidine rings is 2. The minimum absolute atomic E-state index is 0.145. The van der Waals surface area contributed by atoms with Crippen LogP contribution in [0.3, 0.4) is 0 Å². The van der Waals surface area contributed by atoms with Gasteiger partial charge < -0.3 is 29.0 Å². The number of aromatic nitrogens is 4. The van der Waals surface area contributed by atoms with Gasteiger partial charge in [0.05, 0.1) is 25.1 Å². The number of anilines is 3. The Bertz CT molecular complexity index is 1290. The molecule has 0 spiro atoms. The minimum atomic E-state index is -2.07. The summed E-state index contributed by atoms with van der Waals surface area (Å²) in [5, 5.41) is 8.42. The largest absolute Gasteiger partial charge is 0.481 e. The lowest BCUT2D eigenvalue weighted by Crippen LogP contribution is -2.59. The Hall–Kier alpha value is -2.86. The normalized spacial score (nSPS) is 25.0. The lowest BCUT2D eigenvalue weighted by atomic mass is 9.81. The highest BCUT2D eigenvalue weighted by atomic mass is 28.4. The van der Waals surface area contributed by atoms with Crippen molar-refractivity contribution >= 4 is 32.0 Å². The second-order valence-corrected chi connectivity index (χ2v) is 19.3. The number of fused-ring (bicyclic) bond motifs is 3. The molecule has 5 heterocycles. The summed E-state index contributed by atoms with van der Waals surface area (Å²) in [5.41, 5.74) is 1.75. The number of methoxy groups -OCH3 is 1. The van der Waals surface area contributed by atoms with Crippen molar-refractivity contribution in [2.24, 2.45) is 0 Å². The van der Waals surface area contributed by atoms with Gasteiger partial charge in [-0.05, 0) is 70.9 Å². The molecule has 2 saturated heterocycles. The van der Waals surface area contributed by atoms with Crippen molar-refractivity contribution in [3.8, 4) is 5.88 Å². The van der Waals surface area contributed by atoms with Crippen LogP contribution in [0.5, 0.6) is 5.88 Å². The molecule has 43 heavy (non-hydrogen) atoms. The van der Waals surface area contributed by atoms with E-state index in [9.17, 15) is 4.79 Å². The highest BCUT2D eigenvalue weighted by Gasteiger charge is 2.51. The van der Waals surface area contributed by atoms with Gasteiger partial charge in [0.2, 0.25) is 20.1 Å². The van der Waals surface area contributed by atoms with E-state index in [4.69, 9.17) is 29.0 Å². The maximum Gasteiger partial charge on any atom is 0.410 e. The van der Waals surface area contributed by atoms with E-state index >= 15 is 0 Å². The molecule has 5 rings (SSSR count). The Morgan fingerprint density at radius 1 is 1.09 bits per heavy atom. The van der Waals surface area contributed by atoms with E-state index in [-0.39, 0.29) is 29.9 Å². The number of carbonyl (C=O) groups is 1. The summed E-state index contributed by atoms with van der Waals surface area (Å²) >= 11 is 0. The van der Waals surface area contributed by atoms with Crippen LogP contribution >= 0.6 is 0 Å². The molecule has 1 N–H and O–H groups in total. The van der Waals surface area contributed by atoms with Crippen LogP contribution in [-0.4, -0.2) is 76.9 Å². The number of hydrogen-bond donors (Lipinski definition) is 1. The predicted octanol–water partition coefficient (Wildman–Crippen LogP) is 6.58. The van der Waals surface area contributed by atoms with E-state index in [1.54, 1.807) is 13.2 Å². The summed E-state index contributed by atoms with van der Waals surface area (Å²) < 4.78 is 20.2. The van der Waals surface area contributed by atoms with Crippen LogP contribution in [0, 0.1) is 0 Å². The Balaban J connectivity index is 1.35. The van der Waals surface area contributed by atoms with E-state index in [0.717, 1.165) is 43.6 Å². The van der Waals surface area contributed by atoms with Crippen molar-refractivity contribution in [2.75, 3.05) is 24.4 Å². The third-order valence-corrected chi connectivity index (χ3v) is 15.5. The van der Waals surface area contributed by atoms with Crippen molar-refractivity contribution in [1.29, 1.82) is 0 Å². The summed E-state index contributed by atoms with van der Waals surface area (Å²) in [5.74, 6) is 2.43. The monoisotopic (exact) mass is 613 g/mol. The molecule has 2 bridgehead atoms. The Morgan fingerprint density at radius 2 is 1.74 bits per heavy atom. The van der Waals surface area contributed by atoms with Crippen LogP contribution in [-0.2, 0) is 15.8 Å². The first kappa shape index (κ1) is 31.6. The molecule has 0 radical (unpaired) electrons. The summed E-state index contributed by atoms with van der Waals surface area (Å²) in [7, 11) is 1.59. The number of nitrogens with zero attached hydrogens (tertiary/aromatic N) is 6. The molecule has 238 valence electrons. The second-order valence-electron chi connectivity index (χ2n) is 14.2. The van der Waals surface area contributed by atoms with Gasteiger partial charge >= 0.3 is 6.09 Å². The van der Waals surface area contributed by atoms with E-state index in [1.165, 1.54) is 0 Å². The fourth-order valence-corrected chi connectivity index (χ4v) is 12.9. The zero-order valence-electron chi connectivity index (χ0n) is 27.7. The molecule has 0 aromatic carbocycles. The highest BCUT2D eigenvalue weighted by molar-refractivity contribution is 6.77. The van der Waals surface area contributed by atoms with Gasteiger partial charge in [0.15, 0.2) is 5.82 Å². The maximum atomic E-state index is 13.1. The van der Waals surface area contributed by atoms with Gasteiger partial charge in [-0.2, -0.15) is 15.1 Å². The molecule has 2 aromatic rings. The van der Waals surface area contributed by atoms with Gasteiger partial charge in [0.25, 0.3) is 0 Å². The molecule has 3 aliphatic heterocycles. The lowest BCUT2D eigenvalue weighted by molar-refractivity contribution is -0.0214. The zero-order chi connectivity index (χ0) is 31.3. The van der Waals surface area contributed by atoms with Gasteiger partial charge in [-0.1, -0.05) is 27.7 Å². The second kappa shape index (κ2) is 11.9. The SMILES string of the molecule is COc1cc(Nc2cc3n(n2)C(C)[Si](C(C)C)(C(C)C)OC3)nc(N(C)[C@@H]2C[C@H]3CCC[C@@H](C2)N3C(=O)OC(C)(C)C)n1.